The summed E-state index contributed by atoms with van der Waals surface area (Å²) in [5.74, 6) is -2.43. The van der Waals surface area contributed by atoms with Gasteiger partial charge in [0.05, 0.1) is 58.7 Å². The molecule has 5 heterocycles. The molecular weight excluding hydrogens is 873 g/mol. The molecular formula is C57H80N2O10. The van der Waals surface area contributed by atoms with Gasteiger partial charge in [0.1, 0.15) is 29.7 Å². The Bertz CT molecular complexity index is 2550. The number of rotatable bonds is 1. The maximum absolute atomic E-state index is 15.1. The van der Waals surface area contributed by atoms with Gasteiger partial charge in [-0.15, -0.1) is 0 Å². The average molecular weight is 953 g/mol. The molecule has 8 fully saturated rings. The van der Waals surface area contributed by atoms with Gasteiger partial charge in [-0.3, -0.25) is 14.8 Å². The van der Waals surface area contributed by atoms with Crippen molar-refractivity contribution in [1.82, 2.24) is 9.97 Å². The number of carbonyl (C=O) groups is 1. The summed E-state index contributed by atoms with van der Waals surface area (Å²) in [6.45, 7) is 24.1. The molecule has 8 aliphatic carbocycles. The Morgan fingerprint density at radius 2 is 1.38 bits per heavy atom. The summed E-state index contributed by atoms with van der Waals surface area (Å²) in [7, 11) is 0. The highest BCUT2D eigenvalue weighted by molar-refractivity contribution is 5.91. The van der Waals surface area contributed by atoms with Crippen molar-refractivity contribution < 1.29 is 49.3 Å². The van der Waals surface area contributed by atoms with E-state index in [1.807, 2.05) is 27.7 Å². The quantitative estimate of drug-likeness (QED) is 0.189. The molecule has 69 heavy (non-hydrogen) atoms. The first-order valence-electron chi connectivity index (χ1n) is 27.0. The van der Waals surface area contributed by atoms with E-state index in [0.717, 1.165) is 86.1 Å². The van der Waals surface area contributed by atoms with Crippen molar-refractivity contribution in [3.05, 3.63) is 46.1 Å². The van der Waals surface area contributed by atoms with Crippen LogP contribution in [0.4, 0.5) is 0 Å². The predicted molar refractivity (Wildman–Crippen MR) is 254 cm³/mol. The second kappa shape index (κ2) is 13.4. The number of ketones is 1. The second-order valence-corrected chi connectivity index (χ2v) is 28.1. The zero-order valence-electron chi connectivity index (χ0n) is 43.2. The number of Topliss-reactive ketones (excluding diaryl/α,β-unsaturated/α-hetero) is 1. The van der Waals surface area contributed by atoms with Crippen LogP contribution >= 0.6 is 0 Å². The molecule has 0 aromatic carbocycles. The molecule has 12 heteroatoms. The van der Waals surface area contributed by atoms with Gasteiger partial charge in [0.15, 0.2) is 5.79 Å². The smallest absolute Gasteiger partial charge is 0.201 e. The summed E-state index contributed by atoms with van der Waals surface area (Å²) >= 11 is 0. The fourth-order valence-electron chi connectivity index (χ4n) is 20.4. The zero-order valence-corrected chi connectivity index (χ0v) is 43.2. The van der Waals surface area contributed by atoms with Crippen LogP contribution in [-0.2, 0) is 49.4 Å². The lowest BCUT2D eigenvalue weighted by Gasteiger charge is -2.70. The lowest BCUT2D eigenvalue weighted by Crippen LogP contribution is -2.69. The molecule has 1 aromatic rings. The molecule has 4 saturated carbocycles. The van der Waals surface area contributed by atoms with Crippen LogP contribution in [0.1, 0.15) is 157 Å². The lowest BCUT2D eigenvalue weighted by molar-refractivity contribution is -0.336. The van der Waals surface area contributed by atoms with Crippen molar-refractivity contribution in [2.24, 2.45) is 73.4 Å². The van der Waals surface area contributed by atoms with E-state index in [2.05, 4.69) is 53.7 Å². The van der Waals surface area contributed by atoms with Gasteiger partial charge < -0.3 is 44.5 Å². The zero-order chi connectivity index (χ0) is 49.1. The fourth-order valence-corrected chi connectivity index (χ4v) is 20.4. The molecule has 4 saturated heterocycles. The largest absolute Gasteiger partial charge is 0.393 e. The van der Waals surface area contributed by atoms with Gasteiger partial charge >= 0.3 is 0 Å². The van der Waals surface area contributed by atoms with Crippen molar-refractivity contribution in [3.8, 4) is 0 Å². The number of allylic oxidation sites excluding steroid dienone is 1. The van der Waals surface area contributed by atoms with E-state index in [1.165, 1.54) is 5.57 Å². The first kappa shape index (κ1) is 46.6. The highest BCUT2D eigenvalue weighted by Crippen LogP contribution is 2.77. The van der Waals surface area contributed by atoms with Crippen molar-refractivity contribution in [2.45, 2.75) is 212 Å². The van der Waals surface area contributed by atoms with E-state index in [9.17, 15) is 25.5 Å². The minimum absolute atomic E-state index is 0.0486. The van der Waals surface area contributed by atoms with Gasteiger partial charge in [0.2, 0.25) is 5.79 Å². The standard InChI is InChI=1S/C57H80N2O10/c1-29-32-12-13-33-31-14-16-47(5)20-37-39(22-50(47,8)35(31)18-41(61)54(32,33)28-66-56(29)43(63)24-46(3,4)68-56)58-38-21-48(6)17-15-34-36-19-45-55(65,30(2)57(67-45)44(64)25-49(7,27-60)69-57)53(36,11)42(62)26-51(34,9)52(48,10)23-40(38)59-37/h13,19,29-32,34-35,42-45,60,62-65H,12,14-18,20-28H2,1-11H3/t29-,30-,31?,32+,34?,35-,42+,43+,44+,45-,47-,48-,49-,50+,51-,52-,53+,54+,55+,56+,57-/m0/s1. The van der Waals surface area contributed by atoms with Gasteiger partial charge in [-0.05, 0) is 136 Å². The number of aliphatic hydroxyl groups is 5. The Balaban J connectivity index is 0.796. The van der Waals surface area contributed by atoms with Crippen LogP contribution in [0.25, 0.3) is 0 Å². The highest BCUT2D eigenvalue weighted by atomic mass is 16.7. The van der Waals surface area contributed by atoms with Crippen molar-refractivity contribution >= 4 is 5.78 Å². The fraction of sp³-hybridized carbons (Fsp3) is 0.842. The van der Waals surface area contributed by atoms with Gasteiger partial charge in [-0.1, -0.05) is 78.7 Å². The third-order valence-corrected chi connectivity index (χ3v) is 25.1. The number of hydrogen-bond donors (Lipinski definition) is 5. The SMILES string of the molecule is C[C@@H]1[C@]2(O[C@H]3C=C4C5CC[C@@]6(C)Cc7nc8c(nc7C[C@]6(C)[C@@]5(C)C[C@@H](O)[C@]4(C)[C@]31O)C[C@]1(C)CCC3C4=CC[C@@H]5[C@H](C)[C@@]6(OC[C@]45C(=O)C[C@@H]3[C@@]1(C)C8)OC(C)(C)C[C@H]6O)O[C@](C)(CO)C[C@H]2O. The summed E-state index contributed by atoms with van der Waals surface area (Å²) in [6.07, 6.45) is 10.8. The van der Waals surface area contributed by atoms with E-state index >= 15 is 4.79 Å². The Kier molecular flexibility index (Phi) is 9.05. The summed E-state index contributed by atoms with van der Waals surface area (Å²) in [6, 6.07) is 0. The van der Waals surface area contributed by atoms with Gasteiger partial charge in [0, 0.05) is 36.5 Å². The Morgan fingerprint density at radius 1 is 0.725 bits per heavy atom. The molecule has 0 radical (unpaired) electrons. The predicted octanol–water partition coefficient (Wildman–Crippen LogP) is 6.67. The minimum atomic E-state index is -1.53. The molecule has 12 nitrogen and oxygen atoms in total. The van der Waals surface area contributed by atoms with E-state index in [-0.39, 0.29) is 70.4 Å². The van der Waals surface area contributed by atoms with E-state index in [1.54, 1.807) is 6.92 Å². The first-order chi connectivity index (χ1) is 32.1. The third kappa shape index (κ3) is 5.04. The number of ether oxygens (including phenoxy) is 4. The second-order valence-electron chi connectivity index (χ2n) is 28.1. The number of hydrogen-bond acceptors (Lipinski definition) is 12. The number of fused-ring (bicyclic) bond motifs is 13. The molecule has 5 N–H and O–H groups in total. The molecule has 4 aliphatic heterocycles. The van der Waals surface area contributed by atoms with Crippen LogP contribution in [0.3, 0.4) is 0 Å². The van der Waals surface area contributed by atoms with Crippen LogP contribution in [0.2, 0.25) is 0 Å². The Labute approximate surface area is 408 Å². The Hall–Kier alpha value is -2.13. The molecule has 1 aromatic heterocycles. The number of aliphatic hydroxyl groups excluding tert-OH is 4. The number of aromatic nitrogens is 2. The number of nitrogens with zero attached hydrogens (tertiary/aromatic N) is 2. The van der Waals surface area contributed by atoms with Gasteiger partial charge in [0.25, 0.3) is 0 Å². The van der Waals surface area contributed by atoms with E-state index in [4.69, 9.17) is 28.9 Å². The number of carbonyl (C=O) groups excluding carboxylic acids is 1. The van der Waals surface area contributed by atoms with Crippen LogP contribution in [-0.4, -0.2) is 107 Å². The van der Waals surface area contributed by atoms with Crippen LogP contribution in [0, 0.1) is 73.4 Å². The summed E-state index contributed by atoms with van der Waals surface area (Å²) in [5.41, 5.74) is 1.19. The summed E-state index contributed by atoms with van der Waals surface area (Å²) < 4.78 is 26.4. The van der Waals surface area contributed by atoms with Gasteiger partial charge in [-0.25, -0.2) is 0 Å². The summed E-state index contributed by atoms with van der Waals surface area (Å²) in [5, 5.41) is 58.9. The topological polar surface area (TPSA) is 181 Å². The molecule has 378 valence electrons. The average Bonchev–Trinajstić information content (AvgIpc) is 3.99. The first-order valence-corrected chi connectivity index (χ1v) is 27.0. The Morgan fingerprint density at radius 3 is 2.04 bits per heavy atom. The maximum atomic E-state index is 15.1. The third-order valence-electron chi connectivity index (χ3n) is 25.1. The summed E-state index contributed by atoms with van der Waals surface area (Å²) in [4.78, 5) is 26.5. The van der Waals surface area contributed by atoms with Crippen molar-refractivity contribution in [2.75, 3.05) is 13.2 Å². The maximum Gasteiger partial charge on any atom is 0.201 e. The van der Waals surface area contributed by atoms with Crippen LogP contribution in [0.5, 0.6) is 0 Å². The minimum Gasteiger partial charge on any atom is -0.393 e. The van der Waals surface area contributed by atoms with E-state index < -0.39 is 69.5 Å². The van der Waals surface area contributed by atoms with Crippen molar-refractivity contribution in [3.63, 3.8) is 0 Å². The lowest BCUT2D eigenvalue weighted by atomic mass is 9.35. The monoisotopic (exact) mass is 953 g/mol. The van der Waals surface area contributed by atoms with Crippen molar-refractivity contribution in [1.29, 1.82) is 0 Å². The highest BCUT2D eigenvalue weighted by Gasteiger charge is 2.81. The molecule has 0 bridgehead atoms. The molecule has 13 rings (SSSR count). The van der Waals surface area contributed by atoms with Crippen LogP contribution < -0.4 is 0 Å². The van der Waals surface area contributed by atoms with E-state index in [0.29, 0.717) is 31.0 Å². The molecule has 0 amide bonds. The molecule has 12 aliphatic rings. The molecule has 3 spiro atoms. The van der Waals surface area contributed by atoms with Crippen LogP contribution in [0.15, 0.2) is 23.3 Å². The normalized spacial score (nSPS) is 58.1. The van der Waals surface area contributed by atoms with Gasteiger partial charge in [-0.2, -0.15) is 0 Å². The molecule has 2 unspecified atom stereocenters. The molecule has 21 atom stereocenters.